The molecule has 0 aliphatic carbocycles. The molecule has 0 bridgehead atoms. The van der Waals surface area contributed by atoms with E-state index in [2.05, 4.69) is 5.32 Å². The summed E-state index contributed by atoms with van der Waals surface area (Å²) in [5.74, 6) is 0. The fraction of sp³-hybridized carbons (Fsp3) is 0.200. The molecule has 2 rings (SSSR count). The first-order valence-corrected chi connectivity index (χ1v) is 7.68. The number of hydrogen-bond acceptors (Lipinski definition) is 1. The van der Waals surface area contributed by atoms with Gasteiger partial charge >= 0.3 is 0 Å². The van der Waals surface area contributed by atoms with Crippen LogP contribution in [0, 0.1) is 0 Å². The molecule has 1 unspecified atom stereocenters. The molecular formula is C15H13Cl4N. The lowest BCUT2D eigenvalue weighted by Gasteiger charge is -2.21. The second kappa shape index (κ2) is 7.02. The number of rotatable bonds is 4. The fourth-order valence-corrected chi connectivity index (χ4v) is 3.01. The normalized spacial score (nSPS) is 12.4. The Balaban J connectivity index is 2.53. The van der Waals surface area contributed by atoms with E-state index in [0.29, 0.717) is 20.1 Å². The molecule has 0 aliphatic heterocycles. The average Bonchev–Trinajstić information content (AvgIpc) is 2.40. The van der Waals surface area contributed by atoms with Crippen molar-refractivity contribution in [1.29, 1.82) is 0 Å². The molecule has 1 nitrogen and oxygen atoms in total. The minimum Gasteiger partial charge on any atom is -0.306 e. The van der Waals surface area contributed by atoms with E-state index in [9.17, 15) is 0 Å². The average molecular weight is 349 g/mol. The van der Waals surface area contributed by atoms with Crippen molar-refractivity contribution in [3.63, 3.8) is 0 Å². The van der Waals surface area contributed by atoms with Gasteiger partial charge in [-0.15, -0.1) is 0 Å². The molecule has 5 heteroatoms. The van der Waals surface area contributed by atoms with Crippen molar-refractivity contribution in [2.24, 2.45) is 0 Å². The Kier molecular flexibility index (Phi) is 5.59. The monoisotopic (exact) mass is 347 g/mol. The molecule has 0 saturated heterocycles. The quantitative estimate of drug-likeness (QED) is 0.714. The van der Waals surface area contributed by atoms with Crippen molar-refractivity contribution in [3.05, 3.63) is 67.6 Å². The predicted molar refractivity (Wildman–Crippen MR) is 88.4 cm³/mol. The van der Waals surface area contributed by atoms with E-state index in [1.165, 1.54) is 0 Å². The van der Waals surface area contributed by atoms with E-state index in [1.54, 1.807) is 12.1 Å². The van der Waals surface area contributed by atoms with Crippen LogP contribution in [0.4, 0.5) is 0 Å². The van der Waals surface area contributed by atoms with Crippen molar-refractivity contribution in [2.75, 3.05) is 6.54 Å². The highest BCUT2D eigenvalue weighted by Crippen LogP contribution is 2.36. The van der Waals surface area contributed by atoms with Gasteiger partial charge in [0.25, 0.3) is 0 Å². The zero-order valence-corrected chi connectivity index (χ0v) is 13.8. The van der Waals surface area contributed by atoms with Crippen LogP contribution in [-0.4, -0.2) is 6.54 Å². The third-order valence-electron chi connectivity index (χ3n) is 2.97. The summed E-state index contributed by atoms with van der Waals surface area (Å²) < 4.78 is 0. The molecule has 0 aliphatic rings. The number of benzene rings is 2. The Morgan fingerprint density at radius 3 is 2.35 bits per heavy atom. The van der Waals surface area contributed by atoms with Crippen LogP contribution in [0.15, 0.2) is 36.4 Å². The first-order valence-electron chi connectivity index (χ1n) is 6.16. The van der Waals surface area contributed by atoms with Gasteiger partial charge in [-0.2, -0.15) is 0 Å². The Bertz CT molecular complexity index is 613. The third kappa shape index (κ3) is 3.41. The lowest BCUT2D eigenvalue weighted by atomic mass is 9.98. The zero-order chi connectivity index (χ0) is 14.7. The van der Waals surface area contributed by atoms with E-state index in [4.69, 9.17) is 46.4 Å². The molecule has 2 aromatic carbocycles. The maximum absolute atomic E-state index is 6.32. The Hall–Kier alpha value is -0.440. The van der Waals surface area contributed by atoms with Crippen LogP contribution in [0.2, 0.25) is 20.1 Å². The van der Waals surface area contributed by atoms with Crippen molar-refractivity contribution < 1.29 is 0 Å². The lowest BCUT2D eigenvalue weighted by Crippen LogP contribution is -2.22. The molecule has 1 atom stereocenters. The molecule has 0 heterocycles. The van der Waals surface area contributed by atoms with Crippen LogP contribution in [0.5, 0.6) is 0 Å². The molecule has 1 N–H and O–H groups in total. The molecule has 106 valence electrons. The van der Waals surface area contributed by atoms with Gasteiger partial charge in [0, 0.05) is 10.0 Å². The highest BCUT2D eigenvalue weighted by Gasteiger charge is 2.19. The smallest absolute Gasteiger partial charge is 0.0643 e. The molecular weight excluding hydrogens is 336 g/mol. The molecule has 0 fully saturated rings. The lowest BCUT2D eigenvalue weighted by molar-refractivity contribution is 0.631. The summed E-state index contributed by atoms with van der Waals surface area (Å²) in [6.45, 7) is 2.79. The Labute approximate surface area is 138 Å². The minimum atomic E-state index is -0.129. The van der Waals surface area contributed by atoms with Crippen LogP contribution in [0.1, 0.15) is 24.1 Å². The SMILES string of the molecule is CCNC(c1ccc(Cl)cc1Cl)c1cccc(Cl)c1Cl. The van der Waals surface area contributed by atoms with Crippen molar-refractivity contribution in [2.45, 2.75) is 13.0 Å². The summed E-state index contributed by atoms with van der Waals surface area (Å²) in [4.78, 5) is 0. The second-order valence-electron chi connectivity index (χ2n) is 4.30. The van der Waals surface area contributed by atoms with Gasteiger partial charge in [-0.05, 0) is 35.9 Å². The standard InChI is InChI=1S/C15H13Cl4N/c1-2-20-15(10-7-6-9(16)8-13(10)18)11-4-3-5-12(17)14(11)19/h3-8,15,20H,2H2,1H3. The van der Waals surface area contributed by atoms with Gasteiger partial charge in [0.2, 0.25) is 0 Å². The van der Waals surface area contributed by atoms with E-state index < -0.39 is 0 Å². The number of halogens is 4. The minimum absolute atomic E-state index is 0.129. The predicted octanol–water partition coefficient (Wildman–Crippen LogP) is 6.00. The van der Waals surface area contributed by atoms with E-state index in [1.807, 2.05) is 31.2 Å². The molecule has 0 amide bonds. The van der Waals surface area contributed by atoms with Crippen molar-refractivity contribution in [1.82, 2.24) is 5.32 Å². The van der Waals surface area contributed by atoms with Crippen LogP contribution >= 0.6 is 46.4 Å². The van der Waals surface area contributed by atoms with Crippen molar-refractivity contribution in [3.8, 4) is 0 Å². The van der Waals surface area contributed by atoms with E-state index in [0.717, 1.165) is 17.7 Å². The summed E-state index contributed by atoms with van der Waals surface area (Å²) in [6, 6.07) is 10.9. The van der Waals surface area contributed by atoms with Crippen LogP contribution in [0.3, 0.4) is 0 Å². The highest BCUT2D eigenvalue weighted by molar-refractivity contribution is 6.42. The Morgan fingerprint density at radius 2 is 1.70 bits per heavy atom. The summed E-state index contributed by atoms with van der Waals surface area (Å²) >= 11 is 24.7. The molecule has 20 heavy (non-hydrogen) atoms. The second-order valence-corrected chi connectivity index (χ2v) is 5.93. The topological polar surface area (TPSA) is 12.0 Å². The maximum Gasteiger partial charge on any atom is 0.0643 e. The van der Waals surface area contributed by atoms with Gasteiger partial charge in [0.1, 0.15) is 0 Å². The van der Waals surface area contributed by atoms with Gasteiger partial charge in [-0.1, -0.05) is 71.5 Å². The molecule has 0 aromatic heterocycles. The zero-order valence-electron chi connectivity index (χ0n) is 10.8. The highest BCUT2D eigenvalue weighted by atomic mass is 35.5. The summed E-state index contributed by atoms with van der Waals surface area (Å²) in [6.07, 6.45) is 0. The fourth-order valence-electron chi connectivity index (χ4n) is 2.07. The summed E-state index contributed by atoms with van der Waals surface area (Å²) in [5.41, 5.74) is 1.81. The van der Waals surface area contributed by atoms with E-state index in [-0.39, 0.29) is 6.04 Å². The molecule has 0 radical (unpaired) electrons. The third-order valence-corrected chi connectivity index (χ3v) is 4.37. The van der Waals surface area contributed by atoms with E-state index >= 15 is 0 Å². The Morgan fingerprint density at radius 1 is 0.950 bits per heavy atom. The largest absolute Gasteiger partial charge is 0.306 e. The molecule has 0 spiro atoms. The van der Waals surface area contributed by atoms with Crippen molar-refractivity contribution >= 4 is 46.4 Å². The summed E-state index contributed by atoms with van der Waals surface area (Å²) in [7, 11) is 0. The van der Waals surface area contributed by atoms with Crippen LogP contribution < -0.4 is 5.32 Å². The number of nitrogens with one attached hydrogen (secondary N) is 1. The van der Waals surface area contributed by atoms with Gasteiger partial charge in [0.15, 0.2) is 0 Å². The maximum atomic E-state index is 6.32. The van der Waals surface area contributed by atoms with Gasteiger partial charge in [-0.25, -0.2) is 0 Å². The first kappa shape index (κ1) is 15.9. The van der Waals surface area contributed by atoms with Crippen LogP contribution in [0.25, 0.3) is 0 Å². The van der Waals surface area contributed by atoms with Gasteiger partial charge < -0.3 is 5.32 Å². The molecule has 2 aromatic rings. The van der Waals surface area contributed by atoms with Crippen LogP contribution in [-0.2, 0) is 0 Å². The number of hydrogen-bond donors (Lipinski definition) is 1. The van der Waals surface area contributed by atoms with Gasteiger partial charge in [-0.3, -0.25) is 0 Å². The van der Waals surface area contributed by atoms with Gasteiger partial charge in [0.05, 0.1) is 16.1 Å². The summed E-state index contributed by atoms with van der Waals surface area (Å²) in [5, 5.41) is 5.63. The first-order chi connectivity index (χ1) is 9.54. The molecule has 0 saturated carbocycles.